The van der Waals surface area contributed by atoms with E-state index in [0.29, 0.717) is 11.2 Å². The molecule has 1 aliphatic heterocycles. The summed E-state index contributed by atoms with van der Waals surface area (Å²) in [5.74, 6) is 1.02. The van der Waals surface area contributed by atoms with Crippen molar-refractivity contribution in [1.82, 2.24) is 9.97 Å². The predicted molar refractivity (Wildman–Crippen MR) is 79.1 cm³/mol. The number of rotatable bonds is 1. The van der Waals surface area contributed by atoms with Crippen LogP contribution >= 0.6 is 11.6 Å². The van der Waals surface area contributed by atoms with Crippen LogP contribution in [0.25, 0.3) is 10.9 Å². The Morgan fingerprint density at radius 2 is 2.16 bits per heavy atom. The molecule has 0 unspecified atom stereocenters. The van der Waals surface area contributed by atoms with Crippen LogP contribution < -0.4 is 10.2 Å². The van der Waals surface area contributed by atoms with Gasteiger partial charge < -0.3 is 15.2 Å². The van der Waals surface area contributed by atoms with Crippen LogP contribution in [0.2, 0.25) is 5.15 Å². The van der Waals surface area contributed by atoms with Gasteiger partial charge in [0.15, 0.2) is 5.82 Å². The molecule has 0 bridgehead atoms. The van der Waals surface area contributed by atoms with E-state index in [0.717, 1.165) is 34.8 Å². The molecule has 1 fully saturated rings. The molecule has 0 amide bonds. The summed E-state index contributed by atoms with van der Waals surface area (Å²) in [6.45, 7) is 2.90. The average Bonchev–Trinajstić information content (AvgIpc) is 3.04. The van der Waals surface area contributed by atoms with Crippen molar-refractivity contribution in [3.63, 3.8) is 0 Å². The lowest BCUT2D eigenvalue weighted by Gasteiger charge is -2.24. The Labute approximate surface area is 117 Å². The fraction of sp³-hybridized carbons (Fsp3) is 0.500. The van der Waals surface area contributed by atoms with Crippen LogP contribution in [-0.4, -0.2) is 22.7 Å². The van der Waals surface area contributed by atoms with Gasteiger partial charge in [0.1, 0.15) is 10.8 Å². The zero-order chi connectivity index (χ0) is 13.0. The minimum absolute atomic E-state index is 0.602. The van der Waals surface area contributed by atoms with Crippen LogP contribution in [0.5, 0.6) is 0 Å². The van der Waals surface area contributed by atoms with E-state index in [1.54, 1.807) is 0 Å². The molecule has 100 valence electrons. The van der Waals surface area contributed by atoms with Gasteiger partial charge in [-0.25, -0.2) is 4.98 Å². The Morgan fingerprint density at radius 1 is 1.37 bits per heavy atom. The van der Waals surface area contributed by atoms with Crippen LogP contribution in [0.1, 0.15) is 31.4 Å². The van der Waals surface area contributed by atoms with E-state index in [4.69, 9.17) is 11.6 Å². The normalized spacial score (nSPS) is 19.2. The number of hydrogen-bond acceptors (Lipinski definition) is 3. The Kier molecular flexibility index (Phi) is 2.42. The van der Waals surface area contributed by atoms with Crippen molar-refractivity contribution < 1.29 is 0 Å². The quantitative estimate of drug-likeness (QED) is 0.782. The van der Waals surface area contributed by atoms with Crippen LogP contribution in [-0.2, 0) is 0 Å². The molecule has 1 aliphatic carbocycles. The molecule has 2 aliphatic rings. The van der Waals surface area contributed by atoms with Gasteiger partial charge in [-0.2, -0.15) is 0 Å². The van der Waals surface area contributed by atoms with Crippen molar-refractivity contribution in [1.29, 1.82) is 0 Å². The lowest BCUT2D eigenvalue weighted by molar-refractivity contribution is 0.630. The van der Waals surface area contributed by atoms with Gasteiger partial charge in [0, 0.05) is 17.1 Å². The lowest BCUT2D eigenvalue weighted by Crippen LogP contribution is -2.33. The Morgan fingerprint density at radius 3 is 2.95 bits per heavy atom. The first-order valence-electron chi connectivity index (χ1n) is 6.93. The van der Waals surface area contributed by atoms with Gasteiger partial charge in [0.2, 0.25) is 0 Å². The van der Waals surface area contributed by atoms with E-state index >= 15 is 0 Å². The highest BCUT2D eigenvalue weighted by atomic mass is 35.5. The topological polar surface area (TPSA) is 44.0 Å². The summed E-state index contributed by atoms with van der Waals surface area (Å²) < 4.78 is 0. The maximum atomic E-state index is 6.34. The highest BCUT2D eigenvalue weighted by Crippen LogP contribution is 2.41. The number of aromatic amines is 1. The number of nitrogens with one attached hydrogen (secondary N) is 2. The second-order valence-corrected chi connectivity index (χ2v) is 5.94. The van der Waals surface area contributed by atoms with Crippen LogP contribution in [0, 0.1) is 6.92 Å². The number of aryl methyl sites for hydroxylation is 1. The number of nitrogens with zero attached hydrogens (tertiary/aromatic N) is 2. The van der Waals surface area contributed by atoms with Crippen molar-refractivity contribution >= 4 is 34.0 Å². The molecule has 0 spiro atoms. The summed E-state index contributed by atoms with van der Waals surface area (Å²) in [6.07, 6.45) is 5.19. The molecule has 1 saturated carbocycles. The number of pyridine rings is 1. The summed E-state index contributed by atoms with van der Waals surface area (Å²) in [6, 6.07) is 2.68. The molecule has 2 aromatic rings. The van der Waals surface area contributed by atoms with Gasteiger partial charge in [-0.3, -0.25) is 0 Å². The zero-order valence-corrected chi connectivity index (χ0v) is 11.7. The molecule has 0 aromatic carbocycles. The third kappa shape index (κ3) is 1.62. The number of fused-ring (bicyclic) bond motifs is 3. The van der Waals surface area contributed by atoms with Crippen molar-refractivity contribution in [3.05, 3.63) is 16.9 Å². The number of hydrogen-bond donors (Lipinski definition) is 2. The van der Waals surface area contributed by atoms with Gasteiger partial charge >= 0.3 is 0 Å². The summed E-state index contributed by atoms with van der Waals surface area (Å²) in [7, 11) is 0. The van der Waals surface area contributed by atoms with Crippen LogP contribution in [0.15, 0.2) is 6.07 Å². The van der Waals surface area contributed by atoms with E-state index in [1.165, 1.54) is 25.7 Å². The number of halogens is 1. The highest BCUT2D eigenvalue weighted by molar-refractivity contribution is 6.35. The standard InChI is InChI=1S/C14H17ClN4/c1-8-6-10-11(17-8)12-14(18-13(10)15)19(7-16-12)9-4-2-3-5-9/h6,9,16-17H,2-5,7H2,1H3. The average molecular weight is 277 g/mol. The number of anilines is 2. The molecule has 0 atom stereocenters. The molecule has 19 heavy (non-hydrogen) atoms. The Balaban J connectivity index is 1.87. The van der Waals surface area contributed by atoms with E-state index in [1.807, 2.05) is 6.92 Å². The first kappa shape index (κ1) is 11.4. The van der Waals surface area contributed by atoms with Gasteiger partial charge in [0.25, 0.3) is 0 Å². The van der Waals surface area contributed by atoms with Gasteiger partial charge in [0.05, 0.1) is 12.2 Å². The van der Waals surface area contributed by atoms with E-state index in [9.17, 15) is 0 Å². The fourth-order valence-electron chi connectivity index (χ4n) is 3.40. The van der Waals surface area contributed by atoms with Crippen molar-refractivity contribution in [2.45, 2.75) is 38.6 Å². The first-order valence-corrected chi connectivity index (χ1v) is 7.31. The smallest absolute Gasteiger partial charge is 0.157 e. The van der Waals surface area contributed by atoms with Gasteiger partial charge in [-0.1, -0.05) is 24.4 Å². The molecule has 3 heterocycles. The molecular formula is C14H17ClN4. The Hall–Kier alpha value is -1.42. The molecular weight excluding hydrogens is 260 g/mol. The monoisotopic (exact) mass is 276 g/mol. The highest BCUT2D eigenvalue weighted by Gasteiger charge is 2.31. The number of H-pyrrole nitrogens is 1. The second-order valence-electron chi connectivity index (χ2n) is 5.59. The summed E-state index contributed by atoms with van der Waals surface area (Å²) in [5, 5.41) is 5.10. The molecule has 4 rings (SSSR count). The van der Waals surface area contributed by atoms with Crippen LogP contribution in [0.4, 0.5) is 11.5 Å². The summed E-state index contributed by atoms with van der Waals surface area (Å²) in [4.78, 5) is 10.4. The molecule has 5 heteroatoms. The molecule has 0 radical (unpaired) electrons. The maximum absolute atomic E-state index is 6.34. The van der Waals surface area contributed by atoms with Gasteiger partial charge in [-0.15, -0.1) is 0 Å². The second kappa shape index (κ2) is 4.04. The fourth-order valence-corrected chi connectivity index (χ4v) is 3.63. The minimum Gasteiger partial charge on any atom is -0.363 e. The molecule has 4 nitrogen and oxygen atoms in total. The van der Waals surface area contributed by atoms with Crippen LogP contribution in [0.3, 0.4) is 0 Å². The first-order chi connectivity index (χ1) is 9.24. The van der Waals surface area contributed by atoms with E-state index in [2.05, 4.69) is 26.3 Å². The molecule has 0 saturated heterocycles. The minimum atomic E-state index is 0.602. The lowest BCUT2D eigenvalue weighted by atomic mass is 10.2. The van der Waals surface area contributed by atoms with E-state index in [-0.39, 0.29) is 0 Å². The third-order valence-corrected chi connectivity index (χ3v) is 4.60. The van der Waals surface area contributed by atoms with Crippen molar-refractivity contribution in [2.24, 2.45) is 0 Å². The summed E-state index contributed by atoms with van der Waals surface area (Å²) in [5.41, 5.74) is 3.32. The number of aromatic nitrogens is 2. The van der Waals surface area contributed by atoms with Crippen molar-refractivity contribution in [2.75, 3.05) is 16.9 Å². The van der Waals surface area contributed by atoms with Gasteiger partial charge in [-0.05, 0) is 25.8 Å². The third-order valence-electron chi connectivity index (χ3n) is 4.32. The van der Waals surface area contributed by atoms with Crippen molar-refractivity contribution in [3.8, 4) is 0 Å². The maximum Gasteiger partial charge on any atom is 0.157 e. The zero-order valence-electron chi connectivity index (χ0n) is 11.0. The van der Waals surface area contributed by atoms with E-state index < -0.39 is 0 Å². The largest absolute Gasteiger partial charge is 0.363 e. The summed E-state index contributed by atoms with van der Waals surface area (Å²) >= 11 is 6.34. The Bertz CT molecular complexity index is 642. The SMILES string of the molecule is Cc1cc2c(Cl)nc3c(c2[nH]1)NCN3C1CCCC1. The molecule has 2 aromatic heterocycles. The molecule has 2 N–H and O–H groups in total. The predicted octanol–water partition coefficient (Wildman–Crippen LogP) is 3.66.